The molecular formula is C10H13BrO2. The molecule has 1 atom stereocenters. The van der Waals surface area contributed by atoms with Gasteiger partial charge < -0.3 is 9.21 Å². The predicted octanol–water partition coefficient (Wildman–Crippen LogP) is 3.20. The Labute approximate surface area is 86.4 Å². The monoisotopic (exact) mass is 244 g/mol. The zero-order valence-electron chi connectivity index (χ0n) is 7.84. The van der Waals surface area contributed by atoms with Gasteiger partial charge in [-0.2, -0.15) is 0 Å². The van der Waals surface area contributed by atoms with E-state index >= 15 is 0 Å². The molecule has 0 radical (unpaired) electrons. The van der Waals surface area contributed by atoms with Crippen LogP contribution in [0, 0.1) is 5.41 Å². The van der Waals surface area contributed by atoms with E-state index in [9.17, 15) is 4.79 Å². The Bertz CT molecular complexity index is 293. The average Bonchev–Trinajstić information content (AvgIpc) is 2.51. The summed E-state index contributed by atoms with van der Waals surface area (Å²) in [5.74, 6) is 0. The van der Waals surface area contributed by atoms with Crippen molar-refractivity contribution in [1.29, 1.82) is 0 Å². The molecule has 0 spiro atoms. The highest BCUT2D eigenvalue weighted by Crippen LogP contribution is 2.26. The van der Waals surface area contributed by atoms with Crippen molar-refractivity contribution in [2.24, 2.45) is 5.41 Å². The Morgan fingerprint density at radius 3 is 2.77 bits per heavy atom. The molecule has 0 bridgehead atoms. The van der Waals surface area contributed by atoms with Crippen molar-refractivity contribution in [1.82, 2.24) is 0 Å². The van der Waals surface area contributed by atoms with E-state index < -0.39 is 0 Å². The lowest BCUT2D eigenvalue weighted by Gasteiger charge is -2.19. The molecule has 0 aliphatic carbocycles. The van der Waals surface area contributed by atoms with Crippen LogP contribution in [-0.2, 0) is 11.2 Å². The van der Waals surface area contributed by atoms with Crippen molar-refractivity contribution in [2.75, 3.05) is 0 Å². The van der Waals surface area contributed by atoms with Gasteiger partial charge >= 0.3 is 0 Å². The predicted molar refractivity (Wildman–Crippen MR) is 54.6 cm³/mol. The Morgan fingerprint density at radius 1 is 1.69 bits per heavy atom. The van der Waals surface area contributed by atoms with Crippen LogP contribution in [0.3, 0.4) is 0 Å². The highest BCUT2D eigenvalue weighted by atomic mass is 79.9. The number of halogens is 1. The van der Waals surface area contributed by atoms with Gasteiger partial charge in [0.15, 0.2) is 4.67 Å². The number of aldehydes is 1. The standard InChI is InChI=1S/C10H13BrO2/c1-3-10(2,7-12)5-8-4-9(11)13-6-8/h4,6-7H,3,5H2,1-2H3. The minimum absolute atomic E-state index is 0.261. The van der Waals surface area contributed by atoms with Crippen LogP contribution in [0.15, 0.2) is 21.4 Å². The fourth-order valence-electron chi connectivity index (χ4n) is 1.15. The van der Waals surface area contributed by atoms with E-state index in [1.54, 1.807) is 6.26 Å². The van der Waals surface area contributed by atoms with Gasteiger partial charge in [0.25, 0.3) is 0 Å². The minimum atomic E-state index is -0.261. The number of hydrogen-bond donors (Lipinski definition) is 0. The van der Waals surface area contributed by atoms with Crippen LogP contribution in [-0.4, -0.2) is 6.29 Å². The first-order chi connectivity index (χ1) is 6.09. The maximum Gasteiger partial charge on any atom is 0.169 e. The molecule has 0 aliphatic heterocycles. The number of rotatable bonds is 4. The number of furan rings is 1. The number of carbonyl (C=O) groups excluding carboxylic acids is 1. The summed E-state index contributed by atoms with van der Waals surface area (Å²) in [6.45, 7) is 3.98. The molecule has 0 saturated carbocycles. The van der Waals surface area contributed by atoms with Gasteiger partial charge in [0.2, 0.25) is 0 Å². The fraction of sp³-hybridized carbons (Fsp3) is 0.500. The molecule has 1 heterocycles. The smallest absolute Gasteiger partial charge is 0.169 e. The third-order valence-electron chi connectivity index (χ3n) is 2.32. The maximum absolute atomic E-state index is 10.8. The normalized spacial score (nSPS) is 15.3. The summed E-state index contributed by atoms with van der Waals surface area (Å²) in [7, 11) is 0. The summed E-state index contributed by atoms with van der Waals surface area (Å²) in [4.78, 5) is 10.8. The largest absolute Gasteiger partial charge is 0.457 e. The summed E-state index contributed by atoms with van der Waals surface area (Å²) in [5.41, 5.74) is 0.798. The third-order valence-corrected chi connectivity index (χ3v) is 2.74. The molecule has 1 aromatic rings. The van der Waals surface area contributed by atoms with Crippen molar-refractivity contribution in [3.63, 3.8) is 0 Å². The zero-order chi connectivity index (χ0) is 9.90. The molecule has 0 amide bonds. The first-order valence-corrected chi connectivity index (χ1v) is 5.08. The molecule has 2 nitrogen and oxygen atoms in total. The lowest BCUT2D eigenvalue weighted by molar-refractivity contribution is -0.115. The number of carbonyl (C=O) groups is 1. The Hall–Kier alpha value is -0.570. The maximum atomic E-state index is 10.8. The first-order valence-electron chi connectivity index (χ1n) is 4.29. The Morgan fingerprint density at radius 2 is 2.38 bits per heavy atom. The van der Waals surface area contributed by atoms with Gasteiger partial charge in [-0.3, -0.25) is 0 Å². The Kier molecular flexibility index (Phi) is 3.31. The lowest BCUT2D eigenvalue weighted by atomic mass is 9.83. The second-order valence-corrected chi connectivity index (χ2v) is 4.34. The van der Waals surface area contributed by atoms with Crippen LogP contribution in [0.5, 0.6) is 0 Å². The molecule has 0 saturated heterocycles. The van der Waals surface area contributed by atoms with Crippen LogP contribution in [0.4, 0.5) is 0 Å². The van der Waals surface area contributed by atoms with Crippen molar-refractivity contribution in [3.8, 4) is 0 Å². The highest BCUT2D eigenvalue weighted by molar-refractivity contribution is 9.10. The van der Waals surface area contributed by atoms with E-state index in [0.29, 0.717) is 4.67 Å². The molecule has 0 N–H and O–H groups in total. The van der Waals surface area contributed by atoms with E-state index in [1.165, 1.54) is 0 Å². The van der Waals surface area contributed by atoms with E-state index in [1.807, 2.05) is 19.9 Å². The van der Waals surface area contributed by atoms with Gasteiger partial charge in [0.1, 0.15) is 6.29 Å². The minimum Gasteiger partial charge on any atom is -0.457 e. The molecule has 72 valence electrons. The van der Waals surface area contributed by atoms with E-state index in [-0.39, 0.29) is 5.41 Å². The van der Waals surface area contributed by atoms with Gasteiger partial charge in [-0.05, 0) is 40.4 Å². The van der Waals surface area contributed by atoms with Crippen LogP contribution in [0.2, 0.25) is 0 Å². The first kappa shape index (κ1) is 10.5. The summed E-state index contributed by atoms with van der Waals surface area (Å²) in [6.07, 6.45) is 4.29. The number of hydrogen-bond acceptors (Lipinski definition) is 2. The van der Waals surface area contributed by atoms with Crippen molar-refractivity contribution in [2.45, 2.75) is 26.7 Å². The highest BCUT2D eigenvalue weighted by Gasteiger charge is 2.22. The van der Waals surface area contributed by atoms with Crippen LogP contribution in [0.1, 0.15) is 25.8 Å². The summed E-state index contributed by atoms with van der Waals surface area (Å²) in [5, 5.41) is 0. The summed E-state index contributed by atoms with van der Waals surface area (Å²) in [6, 6.07) is 1.90. The molecule has 3 heteroatoms. The molecule has 13 heavy (non-hydrogen) atoms. The topological polar surface area (TPSA) is 30.2 Å². The third kappa shape index (κ3) is 2.69. The van der Waals surface area contributed by atoms with Gasteiger partial charge in [-0.15, -0.1) is 0 Å². The molecule has 1 aromatic heterocycles. The quantitative estimate of drug-likeness (QED) is 0.762. The van der Waals surface area contributed by atoms with Gasteiger partial charge in [0, 0.05) is 5.41 Å². The fourth-order valence-corrected chi connectivity index (χ4v) is 1.54. The van der Waals surface area contributed by atoms with Gasteiger partial charge in [-0.1, -0.05) is 13.8 Å². The molecule has 0 aromatic carbocycles. The zero-order valence-corrected chi connectivity index (χ0v) is 9.43. The van der Waals surface area contributed by atoms with E-state index in [0.717, 1.165) is 24.7 Å². The molecule has 1 rings (SSSR count). The van der Waals surface area contributed by atoms with E-state index in [4.69, 9.17) is 4.42 Å². The summed E-state index contributed by atoms with van der Waals surface area (Å²) >= 11 is 3.23. The SMILES string of the molecule is CCC(C)(C=O)Cc1coc(Br)c1. The molecule has 0 fully saturated rings. The average molecular weight is 245 g/mol. The molecular weight excluding hydrogens is 232 g/mol. The Balaban J connectivity index is 2.72. The van der Waals surface area contributed by atoms with Crippen molar-refractivity contribution < 1.29 is 9.21 Å². The lowest BCUT2D eigenvalue weighted by Crippen LogP contribution is -2.19. The van der Waals surface area contributed by atoms with Gasteiger partial charge in [-0.25, -0.2) is 0 Å². The molecule has 1 unspecified atom stereocenters. The summed E-state index contributed by atoms with van der Waals surface area (Å²) < 4.78 is 5.81. The second-order valence-electron chi connectivity index (χ2n) is 3.56. The van der Waals surface area contributed by atoms with E-state index in [2.05, 4.69) is 15.9 Å². The van der Waals surface area contributed by atoms with Crippen molar-refractivity contribution >= 4 is 22.2 Å². The van der Waals surface area contributed by atoms with Crippen LogP contribution >= 0.6 is 15.9 Å². The van der Waals surface area contributed by atoms with Gasteiger partial charge in [0.05, 0.1) is 6.26 Å². The second kappa shape index (κ2) is 4.09. The van der Waals surface area contributed by atoms with Crippen LogP contribution < -0.4 is 0 Å². The molecule has 0 aliphatic rings. The van der Waals surface area contributed by atoms with Crippen LogP contribution in [0.25, 0.3) is 0 Å². The van der Waals surface area contributed by atoms with Crippen molar-refractivity contribution in [3.05, 3.63) is 22.6 Å².